The molecule has 0 aliphatic carbocycles. The Hall–Kier alpha value is -0.410. The molecule has 0 aromatic carbocycles. The van der Waals surface area contributed by atoms with Gasteiger partial charge in [0.1, 0.15) is 6.29 Å². The van der Waals surface area contributed by atoms with Crippen molar-refractivity contribution in [2.75, 3.05) is 39.3 Å². The third-order valence-corrected chi connectivity index (χ3v) is 3.88. The van der Waals surface area contributed by atoms with E-state index in [0.717, 1.165) is 19.3 Å². The van der Waals surface area contributed by atoms with E-state index in [9.17, 15) is 4.79 Å². The minimum absolute atomic E-state index is 0.306. The molecule has 2 saturated heterocycles. The van der Waals surface area contributed by atoms with Crippen molar-refractivity contribution in [3.63, 3.8) is 0 Å². The van der Waals surface area contributed by atoms with Crippen LogP contribution in [0.2, 0.25) is 0 Å². The molecule has 0 saturated carbocycles. The molecule has 0 aromatic rings. The van der Waals surface area contributed by atoms with E-state index in [-0.39, 0.29) is 0 Å². The van der Waals surface area contributed by atoms with E-state index >= 15 is 0 Å². The number of likely N-dealkylation sites (tertiary alicyclic amines) is 2. The second-order valence-electron chi connectivity index (χ2n) is 5.24. The molecule has 0 spiro atoms. The summed E-state index contributed by atoms with van der Waals surface area (Å²) in [5.74, 6) is 0.306. The van der Waals surface area contributed by atoms with E-state index in [2.05, 4.69) is 9.80 Å². The average molecular weight is 224 g/mol. The van der Waals surface area contributed by atoms with Crippen molar-refractivity contribution in [2.45, 2.75) is 32.1 Å². The molecule has 0 aromatic heterocycles. The number of carbonyl (C=O) groups is 1. The second-order valence-corrected chi connectivity index (χ2v) is 5.24. The SMILES string of the molecule is O=CC1CCCN(CCCN2CCCC2)C1. The normalized spacial score (nSPS) is 28.4. The van der Waals surface area contributed by atoms with Crippen molar-refractivity contribution in [2.24, 2.45) is 5.92 Å². The lowest BCUT2D eigenvalue weighted by atomic mass is 10.00. The molecule has 2 heterocycles. The summed E-state index contributed by atoms with van der Waals surface area (Å²) in [6, 6.07) is 0. The number of nitrogens with zero attached hydrogens (tertiary/aromatic N) is 2. The zero-order valence-electron chi connectivity index (χ0n) is 10.2. The van der Waals surface area contributed by atoms with Gasteiger partial charge in [0, 0.05) is 12.5 Å². The van der Waals surface area contributed by atoms with Crippen molar-refractivity contribution in [1.29, 1.82) is 0 Å². The van der Waals surface area contributed by atoms with Gasteiger partial charge in [-0.3, -0.25) is 0 Å². The van der Waals surface area contributed by atoms with Gasteiger partial charge in [-0.05, 0) is 64.8 Å². The zero-order valence-corrected chi connectivity index (χ0v) is 10.2. The molecule has 3 heteroatoms. The molecule has 1 atom stereocenters. The molecule has 1 unspecified atom stereocenters. The Bertz CT molecular complexity index is 214. The van der Waals surface area contributed by atoms with Gasteiger partial charge in [0.15, 0.2) is 0 Å². The molecule has 0 bridgehead atoms. The third kappa shape index (κ3) is 3.56. The molecule has 92 valence electrons. The topological polar surface area (TPSA) is 23.6 Å². The molecule has 2 rings (SSSR count). The summed E-state index contributed by atoms with van der Waals surface area (Å²) in [5.41, 5.74) is 0. The summed E-state index contributed by atoms with van der Waals surface area (Å²) in [7, 11) is 0. The first-order chi connectivity index (χ1) is 7.88. The van der Waals surface area contributed by atoms with Crippen LogP contribution < -0.4 is 0 Å². The van der Waals surface area contributed by atoms with Gasteiger partial charge in [0.05, 0.1) is 0 Å². The van der Waals surface area contributed by atoms with Crippen LogP contribution in [0, 0.1) is 5.92 Å². The first-order valence-electron chi connectivity index (χ1n) is 6.78. The molecule has 0 N–H and O–H groups in total. The Labute approximate surface area is 98.8 Å². The van der Waals surface area contributed by atoms with Gasteiger partial charge in [-0.2, -0.15) is 0 Å². The summed E-state index contributed by atoms with van der Waals surface area (Å²) in [4.78, 5) is 15.8. The lowest BCUT2D eigenvalue weighted by Gasteiger charge is -2.30. The van der Waals surface area contributed by atoms with Gasteiger partial charge in [-0.15, -0.1) is 0 Å². The predicted molar refractivity (Wildman–Crippen MR) is 65.5 cm³/mol. The monoisotopic (exact) mass is 224 g/mol. The fraction of sp³-hybridized carbons (Fsp3) is 0.923. The van der Waals surface area contributed by atoms with Crippen molar-refractivity contribution < 1.29 is 4.79 Å². The Balaban J connectivity index is 1.59. The lowest BCUT2D eigenvalue weighted by Crippen LogP contribution is -2.37. The van der Waals surface area contributed by atoms with E-state index < -0.39 is 0 Å². The van der Waals surface area contributed by atoms with Crippen molar-refractivity contribution in [3.8, 4) is 0 Å². The van der Waals surface area contributed by atoms with Gasteiger partial charge < -0.3 is 14.6 Å². The Morgan fingerprint density at radius 3 is 2.44 bits per heavy atom. The molecule has 2 fully saturated rings. The Morgan fingerprint density at radius 1 is 1.00 bits per heavy atom. The molecule has 3 nitrogen and oxygen atoms in total. The van der Waals surface area contributed by atoms with Crippen LogP contribution in [0.15, 0.2) is 0 Å². The van der Waals surface area contributed by atoms with Crippen LogP contribution >= 0.6 is 0 Å². The van der Waals surface area contributed by atoms with Crippen LogP contribution in [-0.4, -0.2) is 55.4 Å². The Morgan fingerprint density at radius 2 is 1.69 bits per heavy atom. The van der Waals surface area contributed by atoms with E-state index in [0.29, 0.717) is 5.92 Å². The lowest BCUT2D eigenvalue weighted by molar-refractivity contribution is -0.112. The number of hydrogen-bond donors (Lipinski definition) is 0. The quantitative estimate of drug-likeness (QED) is 0.659. The van der Waals surface area contributed by atoms with Gasteiger partial charge in [-0.25, -0.2) is 0 Å². The van der Waals surface area contributed by atoms with Crippen molar-refractivity contribution in [3.05, 3.63) is 0 Å². The molecule has 0 amide bonds. The van der Waals surface area contributed by atoms with Crippen molar-refractivity contribution >= 4 is 6.29 Å². The van der Waals surface area contributed by atoms with Gasteiger partial charge >= 0.3 is 0 Å². The number of rotatable bonds is 5. The molecule has 0 radical (unpaired) electrons. The summed E-state index contributed by atoms with van der Waals surface area (Å²) >= 11 is 0. The number of carbonyl (C=O) groups excluding carboxylic acids is 1. The van der Waals surface area contributed by atoms with Crippen LogP contribution in [0.1, 0.15) is 32.1 Å². The van der Waals surface area contributed by atoms with Crippen LogP contribution in [-0.2, 0) is 4.79 Å². The minimum Gasteiger partial charge on any atom is -0.303 e. The molecule has 2 aliphatic rings. The number of hydrogen-bond acceptors (Lipinski definition) is 3. The Kier molecular flexibility index (Phi) is 4.79. The smallest absolute Gasteiger partial charge is 0.124 e. The first kappa shape index (κ1) is 12.1. The van der Waals surface area contributed by atoms with Gasteiger partial charge in [0.25, 0.3) is 0 Å². The maximum atomic E-state index is 10.8. The summed E-state index contributed by atoms with van der Waals surface area (Å²) in [6.07, 6.45) is 7.49. The van der Waals surface area contributed by atoms with E-state index in [1.165, 1.54) is 58.4 Å². The number of aldehydes is 1. The van der Waals surface area contributed by atoms with E-state index in [4.69, 9.17) is 0 Å². The van der Waals surface area contributed by atoms with Crippen LogP contribution in [0.4, 0.5) is 0 Å². The summed E-state index contributed by atoms with van der Waals surface area (Å²) < 4.78 is 0. The van der Waals surface area contributed by atoms with Crippen LogP contribution in [0.3, 0.4) is 0 Å². The van der Waals surface area contributed by atoms with E-state index in [1.807, 2.05) is 0 Å². The molecular weight excluding hydrogens is 200 g/mol. The third-order valence-electron chi connectivity index (χ3n) is 3.88. The van der Waals surface area contributed by atoms with Crippen LogP contribution in [0.5, 0.6) is 0 Å². The van der Waals surface area contributed by atoms with Gasteiger partial charge in [-0.1, -0.05) is 0 Å². The zero-order chi connectivity index (χ0) is 11.2. The number of piperidine rings is 1. The highest BCUT2D eigenvalue weighted by molar-refractivity contribution is 5.53. The summed E-state index contributed by atoms with van der Waals surface area (Å²) in [6.45, 7) is 7.24. The van der Waals surface area contributed by atoms with Crippen LogP contribution in [0.25, 0.3) is 0 Å². The second kappa shape index (κ2) is 6.36. The summed E-state index contributed by atoms with van der Waals surface area (Å²) in [5, 5.41) is 0. The van der Waals surface area contributed by atoms with E-state index in [1.54, 1.807) is 0 Å². The van der Waals surface area contributed by atoms with Gasteiger partial charge in [0.2, 0.25) is 0 Å². The fourth-order valence-corrected chi connectivity index (χ4v) is 2.93. The highest BCUT2D eigenvalue weighted by atomic mass is 16.1. The standard InChI is InChI=1S/C13H24N2O/c16-12-13-5-3-8-15(11-13)10-4-9-14-6-1-2-7-14/h12-13H,1-11H2. The minimum atomic E-state index is 0.306. The molecule has 2 aliphatic heterocycles. The molecule has 16 heavy (non-hydrogen) atoms. The maximum Gasteiger partial charge on any atom is 0.124 e. The largest absolute Gasteiger partial charge is 0.303 e. The maximum absolute atomic E-state index is 10.8. The average Bonchev–Trinajstić information content (AvgIpc) is 2.82. The first-order valence-corrected chi connectivity index (χ1v) is 6.78. The highest BCUT2D eigenvalue weighted by Crippen LogP contribution is 2.15. The predicted octanol–water partition coefficient (Wildman–Crippen LogP) is 1.38. The van der Waals surface area contributed by atoms with Crippen molar-refractivity contribution in [1.82, 2.24) is 9.80 Å². The fourth-order valence-electron chi connectivity index (χ4n) is 2.93. The molecular formula is C13H24N2O. The highest BCUT2D eigenvalue weighted by Gasteiger charge is 2.19.